The van der Waals surface area contributed by atoms with E-state index in [0.29, 0.717) is 12.5 Å². The predicted octanol–water partition coefficient (Wildman–Crippen LogP) is 0.797. The number of hydrogen-bond acceptors (Lipinski definition) is 3. The van der Waals surface area contributed by atoms with E-state index in [1.807, 2.05) is 13.8 Å². The summed E-state index contributed by atoms with van der Waals surface area (Å²) in [6, 6.07) is 0. The van der Waals surface area contributed by atoms with Crippen LogP contribution in [0.1, 0.15) is 46.5 Å². The van der Waals surface area contributed by atoms with Crippen molar-refractivity contribution in [2.24, 2.45) is 5.92 Å². The van der Waals surface area contributed by atoms with Gasteiger partial charge in [-0.15, -0.1) is 0 Å². The molecule has 0 aromatic carbocycles. The zero-order valence-corrected chi connectivity index (χ0v) is 12.3. The highest BCUT2D eigenvalue weighted by Crippen LogP contribution is 2.24. The van der Waals surface area contributed by atoms with E-state index in [4.69, 9.17) is 0 Å². The lowest BCUT2D eigenvalue weighted by atomic mass is 9.91. The number of rotatable bonds is 7. The Kier molecular flexibility index (Phi) is 6.28. The van der Waals surface area contributed by atoms with Crippen LogP contribution in [0.25, 0.3) is 0 Å². The van der Waals surface area contributed by atoms with Crippen molar-refractivity contribution in [2.75, 3.05) is 19.6 Å². The molecule has 5 heteroatoms. The summed E-state index contributed by atoms with van der Waals surface area (Å²) in [6.07, 6.45) is 3.67. The molecule has 1 heterocycles. The molecule has 1 aliphatic rings. The molecule has 1 fully saturated rings. The first kappa shape index (κ1) is 16.0. The van der Waals surface area contributed by atoms with Gasteiger partial charge in [0.15, 0.2) is 0 Å². The van der Waals surface area contributed by atoms with Gasteiger partial charge in [0.2, 0.25) is 11.8 Å². The summed E-state index contributed by atoms with van der Waals surface area (Å²) in [5.74, 6) is 0.265. The van der Waals surface area contributed by atoms with E-state index >= 15 is 0 Å². The highest BCUT2D eigenvalue weighted by molar-refractivity contribution is 5.90. The summed E-state index contributed by atoms with van der Waals surface area (Å²) >= 11 is 0. The molecular weight excluding hydrogens is 242 g/mol. The van der Waals surface area contributed by atoms with E-state index in [2.05, 4.69) is 22.9 Å². The van der Waals surface area contributed by atoms with Gasteiger partial charge in [-0.05, 0) is 31.7 Å². The molecule has 1 saturated heterocycles. The Balaban J connectivity index is 2.38. The van der Waals surface area contributed by atoms with Crippen molar-refractivity contribution in [3.8, 4) is 0 Å². The summed E-state index contributed by atoms with van der Waals surface area (Å²) in [5.41, 5.74) is -0.451. The molecule has 0 aromatic heterocycles. The van der Waals surface area contributed by atoms with Gasteiger partial charge in [0, 0.05) is 6.54 Å². The van der Waals surface area contributed by atoms with Gasteiger partial charge in [0.05, 0.1) is 12.1 Å². The number of nitrogens with one attached hydrogen (secondary N) is 3. The van der Waals surface area contributed by atoms with Crippen molar-refractivity contribution < 1.29 is 9.59 Å². The van der Waals surface area contributed by atoms with E-state index in [-0.39, 0.29) is 18.4 Å². The normalized spacial score (nSPS) is 22.5. The minimum atomic E-state index is -0.451. The van der Waals surface area contributed by atoms with Crippen LogP contribution in [0.15, 0.2) is 0 Å². The summed E-state index contributed by atoms with van der Waals surface area (Å²) < 4.78 is 0. The lowest BCUT2D eigenvalue weighted by molar-refractivity contribution is -0.130. The molecule has 0 saturated carbocycles. The second-order valence-corrected chi connectivity index (χ2v) is 5.74. The van der Waals surface area contributed by atoms with E-state index in [1.54, 1.807) is 0 Å². The Labute approximate surface area is 115 Å². The number of carbonyl (C=O) groups excluding carboxylic acids is 2. The van der Waals surface area contributed by atoms with Crippen LogP contribution >= 0.6 is 0 Å². The minimum absolute atomic E-state index is 0.0356. The van der Waals surface area contributed by atoms with Gasteiger partial charge in [-0.1, -0.05) is 27.2 Å². The average Bonchev–Trinajstić information content (AvgIpc) is 2.83. The Morgan fingerprint density at radius 2 is 2.05 bits per heavy atom. The van der Waals surface area contributed by atoms with E-state index in [1.165, 1.54) is 0 Å². The number of amides is 2. The Morgan fingerprint density at radius 3 is 2.58 bits per heavy atom. The van der Waals surface area contributed by atoms with Gasteiger partial charge in [0.25, 0.3) is 0 Å². The fraction of sp³-hybridized carbons (Fsp3) is 0.857. The summed E-state index contributed by atoms with van der Waals surface area (Å²) in [5, 5.41) is 8.86. The third kappa shape index (κ3) is 4.82. The third-order valence-electron chi connectivity index (χ3n) is 3.47. The number of carbonyl (C=O) groups is 2. The lowest BCUT2D eigenvalue weighted by Gasteiger charge is -2.27. The molecule has 1 rings (SSSR count). The van der Waals surface area contributed by atoms with Gasteiger partial charge in [-0.2, -0.15) is 0 Å². The van der Waals surface area contributed by atoms with Crippen LogP contribution in [0.2, 0.25) is 0 Å². The van der Waals surface area contributed by atoms with Gasteiger partial charge in [-0.25, -0.2) is 0 Å². The van der Waals surface area contributed by atoms with Crippen molar-refractivity contribution in [2.45, 2.75) is 52.0 Å². The molecule has 0 aliphatic carbocycles. The zero-order valence-electron chi connectivity index (χ0n) is 12.3. The van der Waals surface area contributed by atoms with E-state index in [0.717, 1.165) is 32.2 Å². The van der Waals surface area contributed by atoms with Gasteiger partial charge < -0.3 is 16.0 Å². The standard InChI is InChI=1S/C14H27N3O2/c1-4-6-14(7-5-8-17-14)13(19)16-10-12(18)15-9-11(2)3/h11,17H,4-10H2,1-3H3,(H,15,18)(H,16,19). The molecule has 1 aliphatic heterocycles. The molecule has 1 atom stereocenters. The van der Waals surface area contributed by atoms with E-state index < -0.39 is 5.54 Å². The smallest absolute Gasteiger partial charge is 0.240 e. The van der Waals surface area contributed by atoms with Crippen LogP contribution in [-0.2, 0) is 9.59 Å². The predicted molar refractivity (Wildman–Crippen MR) is 75.7 cm³/mol. The molecule has 0 radical (unpaired) electrons. The molecule has 110 valence electrons. The van der Waals surface area contributed by atoms with Crippen LogP contribution in [0.5, 0.6) is 0 Å². The molecule has 0 spiro atoms. The van der Waals surface area contributed by atoms with Crippen molar-refractivity contribution in [3.05, 3.63) is 0 Å². The third-order valence-corrected chi connectivity index (χ3v) is 3.47. The minimum Gasteiger partial charge on any atom is -0.354 e. The van der Waals surface area contributed by atoms with Gasteiger partial charge in [0.1, 0.15) is 0 Å². The van der Waals surface area contributed by atoms with Crippen LogP contribution < -0.4 is 16.0 Å². The molecule has 0 aromatic rings. The maximum atomic E-state index is 12.2. The van der Waals surface area contributed by atoms with Crippen LogP contribution in [0, 0.1) is 5.92 Å². The summed E-state index contributed by atoms with van der Waals surface area (Å²) in [6.45, 7) is 7.75. The van der Waals surface area contributed by atoms with Gasteiger partial charge in [-0.3, -0.25) is 9.59 Å². The molecule has 19 heavy (non-hydrogen) atoms. The van der Waals surface area contributed by atoms with Gasteiger partial charge >= 0.3 is 0 Å². The monoisotopic (exact) mass is 269 g/mol. The first-order valence-electron chi connectivity index (χ1n) is 7.30. The maximum absolute atomic E-state index is 12.2. The molecular formula is C14H27N3O2. The topological polar surface area (TPSA) is 70.2 Å². The SMILES string of the molecule is CCCC1(C(=O)NCC(=O)NCC(C)C)CCCN1. The highest BCUT2D eigenvalue weighted by Gasteiger charge is 2.39. The largest absolute Gasteiger partial charge is 0.354 e. The molecule has 5 nitrogen and oxygen atoms in total. The van der Waals surface area contributed by atoms with Crippen molar-refractivity contribution >= 4 is 11.8 Å². The van der Waals surface area contributed by atoms with Crippen LogP contribution in [0.3, 0.4) is 0 Å². The van der Waals surface area contributed by atoms with E-state index in [9.17, 15) is 9.59 Å². The molecule has 2 amide bonds. The quantitative estimate of drug-likeness (QED) is 0.640. The second-order valence-electron chi connectivity index (χ2n) is 5.74. The Hall–Kier alpha value is -1.10. The van der Waals surface area contributed by atoms with Crippen LogP contribution in [0.4, 0.5) is 0 Å². The van der Waals surface area contributed by atoms with Crippen molar-refractivity contribution in [3.63, 3.8) is 0 Å². The fourth-order valence-corrected chi connectivity index (χ4v) is 2.46. The maximum Gasteiger partial charge on any atom is 0.240 e. The zero-order chi connectivity index (χ0) is 14.3. The Morgan fingerprint density at radius 1 is 1.32 bits per heavy atom. The second kappa shape index (κ2) is 7.48. The number of hydrogen-bond donors (Lipinski definition) is 3. The Bertz CT molecular complexity index is 310. The highest BCUT2D eigenvalue weighted by atomic mass is 16.2. The average molecular weight is 269 g/mol. The van der Waals surface area contributed by atoms with Crippen molar-refractivity contribution in [1.82, 2.24) is 16.0 Å². The first-order chi connectivity index (χ1) is 9.00. The fourth-order valence-electron chi connectivity index (χ4n) is 2.46. The molecule has 3 N–H and O–H groups in total. The van der Waals surface area contributed by atoms with Crippen molar-refractivity contribution in [1.29, 1.82) is 0 Å². The summed E-state index contributed by atoms with van der Waals surface area (Å²) in [4.78, 5) is 23.8. The molecule has 0 bridgehead atoms. The molecule has 1 unspecified atom stereocenters. The van der Waals surface area contributed by atoms with Crippen LogP contribution in [-0.4, -0.2) is 37.0 Å². The lowest BCUT2D eigenvalue weighted by Crippen LogP contribution is -2.55. The first-order valence-corrected chi connectivity index (χ1v) is 7.30. The summed E-state index contributed by atoms with van der Waals surface area (Å²) in [7, 11) is 0.